The zero-order valence-electron chi connectivity index (χ0n) is 6.14. The molecule has 1 radical (unpaired) electrons. The standard InChI is InChI=1S/C9H15/c1-2-3-4-5-6-9-7-8-9/h6-9H,2-5H2,1H3. The summed E-state index contributed by atoms with van der Waals surface area (Å²) in [4.78, 5) is 0. The summed E-state index contributed by atoms with van der Waals surface area (Å²) >= 11 is 0. The maximum atomic E-state index is 2.40. The quantitative estimate of drug-likeness (QED) is 0.389. The van der Waals surface area contributed by atoms with Crippen molar-refractivity contribution in [1.29, 1.82) is 0 Å². The van der Waals surface area contributed by atoms with Crippen LogP contribution >= 0.6 is 0 Å². The van der Waals surface area contributed by atoms with E-state index < -0.39 is 0 Å². The Labute approximate surface area is 58.0 Å². The molecule has 0 aromatic heterocycles. The molecule has 0 heterocycles. The predicted molar refractivity (Wildman–Crippen MR) is 41.1 cm³/mol. The van der Waals surface area contributed by atoms with Gasteiger partial charge < -0.3 is 0 Å². The largest absolute Gasteiger partial charge is 0.0807 e. The summed E-state index contributed by atoms with van der Waals surface area (Å²) in [5.74, 6) is 0.779. The maximum absolute atomic E-state index is 2.40. The molecule has 9 heavy (non-hydrogen) atoms. The molecule has 0 unspecified atom stereocenters. The lowest BCUT2D eigenvalue weighted by molar-refractivity contribution is 0.695. The smallest absolute Gasteiger partial charge is 0.00218 e. The Morgan fingerprint density at radius 1 is 1.33 bits per heavy atom. The molecule has 0 aromatic rings. The van der Waals surface area contributed by atoms with Gasteiger partial charge in [-0.15, -0.1) is 0 Å². The average molecular weight is 123 g/mol. The third-order valence-corrected chi connectivity index (χ3v) is 1.66. The van der Waals surface area contributed by atoms with Crippen LogP contribution in [0.25, 0.3) is 0 Å². The molecule has 1 aliphatic carbocycles. The summed E-state index contributed by atoms with van der Waals surface area (Å²) in [5, 5.41) is 0. The van der Waals surface area contributed by atoms with Gasteiger partial charge in [0.15, 0.2) is 0 Å². The SMILES string of the molecule is CCCCC[CH]C1C=C1. The zero-order valence-corrected chi connectivity index (χ0v) is 6.14. The van der Waals surface area contributed by atoms with E-state index in [2.05, 4.69) is 25.5 Å². The fourth-order valence-electron chi connectivity index (χ4n) is 0.926. The van der Waals surface area contributed by atoms with Gasteiger partial charge in [-0.2, -0.15) is 0 Å². The highest BCUT2D eigenvalue weighted by molar-refractivity contribution is 5.18. The number of unbranched alkanes of at least 4 members (excludes halogenated alkanes) is 3. The summed E-state index contributed by atoms with van der Waals surface area (Å²) in [6, 6.07) is 0. The third kappa shape index (κ3) is 3.34. The van der Waals surface area contributed by atoms with Crippen molar-refractivity contribution in [1.82, 2.24) is 0 Å². The highest BCUT2D eigenvalue weighted by Gasteiger charge is 2.08. The lowest BCUT2D eigenvalue weighted by Gasteiger charge is -1.95. The van der Waals surface area contributed by atoms with Gasteiger partial charge in [0.1, 0.15) is 0 Å². The summed E-state index contributed by atoms with van der Waals surface area (Å²) in [5.41, 5.74) is 0. The van der Waals surface area contributed by atoms with Gasteiger partial charge in [-0.25, -0.2) is 0 Å². The fraction of sp³-hybridized carbons (Fsp3) is 0.667. The Morgan fingerprint density at radius 2 is 2.11 bits per heavy atom. The second-order valence-corrected chi connectivity index (χ2v) is 2.69. The van der Waals surface area contributed by atoms with E-state index in [0.29, 0.717) is 0 Å². The van der Waals surface area contributed by atoms with Crippen molar-refractivity contribution in [2.75, 3.05) is 0 Å². The van der Waals surface area contributed by atoms with Crippen molar-refractivity contribution < 1.29 is 0 Å². The first kappa shape index (κ1) is 6.85. The number of rotatable bonds is 5. The summed E-state index contributed by atoms with van der Waals surface area (Å²) < 4.78 is 0. The van der Waals surface area contributed by atoms with Crippen LogP contribution in [0.3, 0.4) is 0 Å². The molecule has 1 aliphatic rings. The zero-order chi connectivity index (χ0) is 6.53. The Balaban J connectivity index is 1.71. The molecule has 0 saturated heterocycles. The van der Waals surface area contributed by atoms with Crippen LogP contribution in [0.5, 0.6) is 0 Å². The van der Waals surface area contributed by atoms with Gasteiger partial charge in [0.05, 0.1) is 0 Å². The van der Waals surface area contributed by atoms with Crippen molar-refractivity contribution in [3.05, 3.63) is 18.6 Å². The fourth-order valence-corrected chi connectivity index (χ4v) is 0.926. The molecule has 0 saturated carbocycles. The Hall–Kier alpha value is -0.260. The molecule has 0 atom stereocenters. The van der Waals surface area contributed by atoms with E-state index in [9.17, 15) is 0 Å². The molecule has 0 heteroatoms. The predicted octanol–water partition coefficient (Wildman–Crippen LogP) is 2.96. The van der Waals surface area contributed by atoms with E-state index in [1.54, 1.807) is 0 Å². The van der Waals surface area contributed by atoms with Crippen LogP contribution in [0.15, 0.2) is 12.2 Å². The summed E-state index contributed by atoms with van der Waals surface area (Å²) in [6.45, 7) is 2.25. The third-order valence-electron chi connectivity index (χ3n) is 1.66. The topological polar surface area (TPSA) is 0 Å². The van der Waals surface area contributed by atoms with Gasteiger partial charge >= 0.3 is 0 Å². The minimum atomic E-state index is 0.779. The molecule has 51 valence electrons. The van der Waals surface area contributed by atoms with Crippen molar-refractivity contribution >= 4 is 0 Å². The van der Waals surface area contributed by atoms with E-state index in [-0.39, 0.29) is 0 Å². The second-order valence-electron chi connectivity index (χ2n) is 2.69. The summed E-state index contributed by atoms with van der Waals surface area (Å²) in [7, 11) is 0. The minimum absolute atomic E-state index is 0.779. The number of hydrogen-bond donors (Lipinski definition) is 0. The molecular formula is C9H15. The van der Waals surface area contributed by atoms with E-state index in [0.717, 1.165) is 5.92 Å². The van der Waals surface area contributed by atoms with Crippen molar-refractivity contribution in [2.24, 2.45) is 5.92 Å². The van der Waals surface area contributed by atoms with E-state index in [4.69, 9.17) is 0 Å². The number of allylic oxidation sites excluding steroid dienone is 2. The first-order valence-electron chi connectivity index (χ1n) is 3.95. The van der Waals surface area contributed by atoms with Gasteiger partial charge in [-0.05, 0) is 18.8 Å². The average Bonchev–Trinajstić information content (AvgIpc) is 2.63. The monoisotopic (exact) mass is 123 g/mol. The minimum Gasteiger partial charge on any atom is -0.0807 e. The van der Waals surface area contributed by atoms with Gasteiger partial charge in [0.2, 0.25) is 0 Å². The highest BCUT2D eigenvalue weighted by atomic mass is 14.1. The van der Waals surface area contributed by atoms with Crippen LogP contribution in [0.2, 0.25) is 0 Å². The van der Waals surface area contributed by atoms with Gasteiger partial charge in [-0.1, -0.05) is 38.3 Å². The molecule has 0 aromatic carbocycles. The molecule has 0 bridgehead atoms. The molecule has 0 nitrogen and oxygen atoms in total. The van der Waals surface area contributed by atoms with Crippen LogP contribution in [0, 0.1) is 12.3 Å². The van der Waals surface area contributed by atoms with Crippen LogP contribution in [0.4, 0.5) is 0 Å². The molecule has 1 rings (SSSR count). The van der Waals surface area contributed by atoms with E-state index in [1.807, 2.05) is 0 Å². The van der Waals surface area contributed by atoms with E-state index >= 15 is 0 Å². The number of hydrogen-bond acceptors (Lipinski definition) is 0. The van der Waals surface area contributed by atoms with Crippen molar-refractivity contribution in [3.63, 3.8) is 0 Å². The van der Waals surface area contributed by atoms with Crippen LogP contribution in [-0.2, 0) is 0 Å². The molecule has 0 amide bonds. The van der Waals surface area contributed by atoms with Gasteiger partial charge in [-0.3, -0.25) is 0 Å². The molecular weight excluding hydrogens is 108 g/mol. The van der Waals surface area contributed by atoms with Crippen molar-refractivity contribution in [2.45, 2.75) is 32.6 Å². The Kier molecular flexibility index (Phi) is 2.82. The van der Waals surface area contributed by atoms with Gasteiger partial charge in [0.25, 0.3) is 0 Å². The summed E-state index contributed by atoms with van der Waals surface area (Å²) in [6.07, 6.45) is 12.3. The van der Waals surface area contributed by atoms with Gasteiger partial charge in [0, 0.05) is 0 Å². The molecule has 0 N–H and O–H groups in total. The second kappa shape index (κ2) is 3.71. The molecule has 0 spiro atoms. The first-order valence-corrected chi connectivity index (χ1v) is 3.95. The van der Waals surface area contributed by atoms with Crippen molar-refractivity contribution in [3.8, 4) is 0 Å². The Bertz CT molecular complexity index is 86.2. The van der Waals surface area contributed by atoms with E-state index in [1.165, 1.54) is 25.7 Å². The normalized spacial score (nSPS) is 16.6. The van der Waals surface area contributed by atoms with Crippen LogP contribution < -0.4 is 0 Å². The van der Waals surface area contributed by atoms with Crippen LogP contribution in [0.1, 0.15) is 32.6 Å². The molecule has 0 aliphatic heterocycles. The highest BCUT2D eigenvalue weighted by Crippen LogP contribution is 2.21. The Morgan fingerprint density at radius 3 is 2.67 bits per heavy atom. The van der Waals surface area contributed by atoms with Crippen LogP contribution in [-0.4, -0.2) is 0 Å². The molecule has 0 fully saturated rings. The lowest BCUT2D eigenvalue weighted by Crippen LogP contribution is -1.80. The lowest BCUT2D eigenvalue weighted by atomic mass is 10.1. The maximum Gasteiger partial charge on any atom is -0.00218 e. The first-order chi connectivity index (χ1) is 4.43.